The highest BCUT2D eigenvalue weighted by molar-refractivity contribution is 5.80. The number of nitrogens with zero attached hydrogens (tertiary/aromatic N) is 4. The van der Waals surface area contributed by atoms with Gasteiger partial charge in [-0.15, -0.1) is 5.10 Å². The van der Waals surface area contributed by atoms with Gasteiger partial charge in [-0.25, -0.2) is 4.68 Å². The number of amides is 1. The molecule has 2 heterocycles. The van der Waals surface area contributed by atoms with Crippen molar-refractivity contribution in [2.75, 3.05) is 6.54 Å². The third-order valence-electron chi connectivity index (χ3n) is 3.83. The van der Waals surface area contributed by atoms with Crippen molar-refractivity contribution < 1.29 is 4.79 Å². The second kappa shape index (κ2) is 4.99. The van der Waals surface area contributed by atoms with E-state index in [1.165, 1.54) is 6.42 Å². The Kier molecular flexibility index (Phi) is 3.19. The predicted molar refractivity (Wildman–Crippen MR) is 72.6 cm³/mol. The summed E-state index contributed by atoms with van der Waals surface area (Å²) in [6, 6.07) is 8.07. The summed E-state index contributed by atoms with van der Waals surface area (Å²) in [6.07, 6.45) is 3.43. The van der Waals surface area contributed by atoms with E-state index in [1.807, 2.05) is 29.2 Å². The first-order chi connectivity index (χ1) is 9.25. The fourth-order valence-electron chi connectivity index (χ4n) is 2.72. The van der Waals surface area contributed by atoms with Crippen molar-refractivity contribution in [3.8, 4) is 0 Å². The second-order valence-electron chi connectivity index (χ2n) is 5.17. The monoisotopic (exact) mass is 258 g/mol. The van der Waals surface area contributed by atoms with Crippen LogP contribution in [0.3, 0.4) is 0 Å². The molecule has 1 aliphatic heterocycles. The quantitative estimate of drug-likeness (QED) is 0.825. The number of carbonyl (C=O) groups is 1. The maximum absolute atomic E-state index is 12.4. The summed E-state index contributed by atoms with van der Waals surface area (Å²) in [5.41, 5.74) is 1.75. The second-order valence-corrected chi connectivity index (χ2v) is 5.17. The molecule has 1 saturated heterocycles. The molecule has 1 aromatic carbocycles. The van der Waals surface area contributed by atoms with Crippen LogP contribution in [0, 0.1) is 0 Å². The van der Waals surface area contributed by atoms with E-state index in [9.17, 15) is 4.79 Å². The molecule has 0 radical (unpaired) electrons. The molecule has 5 heteroatoms. The van der Waals surface area contributed by atoms with Gasteiger partial charge in [0.05, 0.1) is 5.52 Å². The minimum Gasteiger partial charge on any atom is -0.338 e. The molecule has 19 heavy (non-hydrogen) atoms. The van der Waals surface area contributed by atoms with Crippen LogP contribution >= 0.6 is 0 Å². The van der Waals surface area contributed by atoms with Gasteiger partial charge in [-0.3, -0.25) is 4.79 Å². The Morgan fingerprint density at radius 3 is 3.05 bits per heavy atom. The molecule has 0 aliphatic carbocycles. The summed E-state index contributed by atoms with van der Waals surface area (Å²) in [7, 11) is 0. The lowest BCUT2D eigenvalue weighted by Crippen LogP contribution is -2.43. The Hall–Kier alpha value is -1.91. The molecule has 100 valence electrons. The zero-order valence-corrected chi connectivity index (χ0v) is 11.1. The van der Waals surface area contributed by atoms with E-state index in [4.69, 9.17) is 0 Å². The summed E-state index contributed by atoms with van der Waals surface area (Å²) >= 11 is 0. The highest BCUT2D eigenvalue weighted by atomic mass is 16.2. The van der Waals surface area contributed by atoms with Crippen LogP contribution in [0.5, 0.6) is 0 Å². The van der Waals surface area contributed by atoms with E-state index in [1.54, 1.807) is 4.68 Å². The number of piperidine rings is 1. The molecule has 0 unspecified atom stereocenters. The number of hydrogen-bond donors (Lipinski definition) is 0. The third kappa shape index (κ3) is 2.32. The zero-order valence-electron chi connectivity index (χ0n) is 11.1. The molecule has 1 atom stereocenters. The summed E-state index contributed by atoms with van der Waals surface area (Å²) < 4.78 is 1.69. The largest absolute Gasteiger partial charge is 0.338 e. The van der Waals surface area contributed by atoms with Gasteiger partial charge in [-0.05, 0) is 38.3 Å². The molecule has 0 N–H and O–H groups in total. The number of aromatic nitrogens is 3. The van der Waals surface area contributed by atoms with Crippen LogP contribution in [0.25, 0.3) is 11.0 Å². The summed E-state index contributed by atoms with van der Waals surface area (Å²) in [6.45, 7) is 3.27. The van der Waals surface area contributed by atoms with Gasteiger partial charge >= 0.3 is 0 Å². The van der Waals surface area contributed by atoms with Crippen molar-refractivity contribution in [1.82, 2.24) is 19.9 Å². The summed E-state index contributed by atoms with van der Waals surface area (Å²) in [5.74, 6) is 0.142. The summed E-state index contributed by atoms with van der Waals surface area (Å²) in [5, 5.41) is 8.15. The Balaban J connectivity index is 1.79. The Labute approximate surface area is 112 Å². The SMILES string of the molecule is C[C@H]1CCCCN1C(=O)Cn1nnc2ccccc21. The van der Waals surface area contributed by atoms with Crippen LogP contribution in [0.4, 0.5) is 0 Å². The highest BCUT2D eigenvalue weighted by Crippen LogP contribution is 2.17. The smallest absolute Gasteiger partial charge is 0.244 e. The fraction of sp³-hybridized carbons (Fsp3) is 0.500. The van der Waals surface area contributed by atoms with Crippen LogP contribution in [0.2, 0.25) is 0 Å². The maximum Gasteiger partial charge on any atom is 0.244 e. The molecule has 5 nitrogen and oxygen atoms in total. The van der Waals surface area contributed by atoms with Crippen LogP contribution in [0.15, 0.2) is 24.3 Å². The third-order valence-corrected chi connectivity index (χ3v) is 3.83. The molecular formula is C14H18N4O. The number of benzene rings is 1. The molecule has 1 amide bonds. The number of para-hydroxylation sites is 1. The molecule has 3 rings (SSSR count). The minimum atomic E-state index is 0.142. The molecular weight excluding hydrogens is 240 g/mol. The highest BCUT2D eigenvalue weighted by Gasteiger charge is 2.23. The topological polar surface area (TPSA) is 51.0 Å². The Morgan fingerprint density at radius 2 is 2.21 bits per heavy atom. The van der Waals surface area contributed by atoms with E-state index in [-0.39, 0.29) is 12.5 Å². The van der Waals surface area contributed by atoms with E-state index < -0.39 is 0 Å². The van der Waals surface area contributed by atoms with E-state index in [2.05, 4.69) is 17.2 Å². The van der Waals surface area contributed by atoms with Crippen molar-refractivity contribution in [1.29, 1.82) is 0 Å². The van der Waals surface area contributed by atoms with E-state index in [0.29, 0.717) is 6.04 Å². The van der Waals surface area contributed by atoms with Gasteiger partial charge in [0, 0.05) is 12.6 Å². The summed E-state index contributed by atoms with van der Waals surface area (Å²) in [4.78, 5) is 14.3. The zero-order chi connectivity index (χ0) is 13.2. The van der Waals surface area contributed by atoms with Crippen LogP contribution in [0.1, 0.15) is 26.2 Å². The van der Waals surface area contributed by atoms with Crippen LogP contribution < -0.4 is 0 Å². The van der Waals surface area contributed by atoms with Gasteiger partial charge in [0.1, 0.15) is 12.1 Å². The van der Waals surface area contributed by atoms with Gasteiger partial charge in [0.25, 0.3) is 0 Å². The normalized spacial score (nSPS) is 19.8. The predicted octanol–water partition coefficient (Wildman–Crippen LogP) is 1.83. The van der Waals surface area contributed by atoms with Gasteiger partial charge in [-0.2, -0.15) is 0 Å². The minimum absolute atomic E-state index is 0.142. The lowest BCUT2D eigenvalue weighted by atomic mass is 10.0. The van der Waals surface area contributed by atoms with Crippen molar-refractivity contribution in [2.45, 2.75) is 38.8 Å². The lowest BCUT2D eigenvalue weighted by Gasteiger charge is -2.33. The molecule has 2 aromatic rings. The van der Waals surface area contributed by atoms with Gasteiger partial charge in [0.2, 0.25) is 5.91 Å². The first-order valence-electron chi connectivity index (χ1n) is 6.83. The van der Waals surface area contributed by atoms with Gasteiger partial charge in [0.15, 0.2) is 0 Å². The van der Waals surface area contributed by atoms with Crippen molar-refractivity contribution in [3.05, 3.63) is 24.3 Å². The lowest BCUT2D eigenvalue weighted by molar-refractivity contribution is -0.135. The number of carbonyl (C=O) groups excluding carboxylic acids is 1. The molecule has 1 fully saturated rings. The van der Waals surface area contributed by atoms with Crippen molar-refractivity contribution in [2.24, 2.45) is 0 Å². The van der Waals surface area contributed by atoms with Crippen molar-refractivity contribution in [3.63, 3.8) is 0 Å². The molecule has 0 bridgehead atoms. The first-order valence-corrected chi connectivity index (χ1v) is 6.83. The number of fused-ring (bicyclic) bond motifs is 1. The van der Waals surface area contributed by atoms with Crippen LogP contribution in [-0.4, -0.2) is 38.4 Å². The molecule has 1 aliphatic rings. The maximum atomic E-state index is 12.4. The Morgan fingerprint density at radius 1 is 1.37 bits per heavy atom. The average molecular weight is 258 g/mol. The van der Waals surface area contributed by atoms with Crippen molar-refractivity contribution >= 4 is 16.9 Å². The molecule has 0 saturated carbocycles. The van der Waals surface area contributed by atoms with Gasteiger partial charge < -0.3 is 4.90 Å². The molecule has 0 spiro atoms. The first kappa shape index (κ1) is 12.1. The number of hydrogen-bond acceptors (Lipinski definition) is 3. The number of rotatable bonds is 2. The van der Waals surface area contributed by atoms with E-state index >= 15 is 0 Å². The van der Waals surface area contributed by atoms with Gasteiger partial charge in [-0.1, -0.05) is 17.3 Å². The fourth-order valence-corrected chi connectivity index (χ4v) is 2.72. The molecule has 1 aromatic heterocycles. The number of likely N-dealkylation sites (tertiary alicyclic amines) is 1. The standard InChI is InChI=1S/C14H18N4O/c1-11-6-4-5-9-17(11)14(19)10-18-13-8-3-2-7-12(13)15-16-18/h2-3,7-8,11H,4-6,9-10H2,1H3/t11-/m0/s1. The Bertz CT molecular complexity index is 592. The van der Waals surface area contributed by atoms with E-state index in [0.717, 1.165) is 30.4 Å². The van der Waals surface area contributed by atoms with Crippen LogP contribution in [-0.2, 0) is 11.3 Å². The average Bonchev–Trinajstić information content (AvgIpc) is 2.83.